The van der Waals surface area contributed by atoms with Gasteiger partial charge in [-0.25, -0.2) is 0 Å². The number of para-hydroxylation sites is 1. The van der Waals surface area contributed by atoms with Gasteiger partial charge in [0.2, 0.25) is 0 Å². The second kappa shape index (κ2) is 20.8. The summed E-state index contributed by atoms with van der Waals surface area (Å²) in [5.41, 5.74) is 21.5. The maximum atomic E-state index is 2.48. The maximum Gasteiger partial charge on any atom is 0.0742 e. The number of hydrogen-bond acceptors (Lipinski definition) is 3. The summed E-state index contributed by atoms with van der Waals surface area (Å²) in [5.74, 6) is 0. The van der Waals surface area contributed by atoms with Crippen LogP contribution in [0.15, 0.2) is 285 Å². The Morgan fingerprint density at radius 3 is 1.01 bits per heavy atom. The molecule has 3 heteroatoms. The van der Waals surface area contributed by atoms with Gasteiger partial charge < -0.3 is 14.7 Å². The van der Waals surface area contributed by atoms with E-state index < -0.39 is 5.41 Å². The Morgan fingerprint density at radius 1 is 0.239 bits per heavy atom. The van der Waals surface area contributed by atoms with E-state index in [1.54, 1.807) is 0 Å². The van der Waals surface area contributed by atoms with Crippen LogP contribution in [0.2, 0.25) is 0 Å². The molecule has 0 bridgehead atoms. The first kappa shape index (κ1) is 52.8. The quantitative estimate of drug-likeness (QED) is 0.133. The highest BCUT2D eigenvalue weighted by Crippen LogP contribution is 2.59. The molecule has 0 unspecified atom stereocenters. The van der Waals surface area contributed by atoms with E-state index in [0.29, 0.717) is 0 Å². The number of benzene rings is 15. The molecule has 0 amide bonds. The molecule has 15 aromatic rings. The van der Waals surface area contributed by atoms with Crippen LogP contribution in [0.4, 0.5) is 51.2 Å². The molecule has 1 aliphatic rings. The van der Waals surface area contributed by atoms with Crippen LogP contribution in [0.5, 0.6) is 0 Å². The van der Waals surface area contributed by atoms with E-state index in [0.717, 1.165) is 51.2 Å². The van der Waals surface area contributed by atoms with Gasteiger partial charge in [-0.1, -0.05) is 199 Å². The van der Waals surface area contributed by atoms with Crippen molar-refractivity contribution in [3.05, 3.63) is 341 Å². The van der Waals surface area contributed by atoms with Gasteiger partial charge in [-0.05, 0) is 248 Å². The monoisotopic (exact) mass is 1130 g/mol. The van der Waals surface area contributed by atoms with Crippen molar-refractivity contribution in [1.82, 2.24) is 0 Å². The molecule has 88 heavy (non-hydrogen) atoms. The summed E-state index contributed by atoms with van der Waals surface area (Å²) in [6.45, 7) is 13.3. The third-order valence-corrected chi connectivity index (χ3v) is 19.2. The minimum atomic E-state index is -0.765. The van der Waals surface area contributed by atoms with Crippen LogP contribution in [0.1, 0.15) is 55.6 Å². The van der Waals surface area contributed by atoms with E-state index in [-0.39, 0.29) is 0 Å². The van der Waals surface area contributed by atoms with Crippen LogP contribution >= 0.6 is 0 Å². The average Bonchev–Trinajstić information content (AvgIpc) is 0.717. The zero-order valence-corrected chi connectivity index (χ0v) is 50.5. The van der Waals surface area contributed by atoms with Gasteiger partial charge in [0.15, 0.2) is 0 Å². The number of anilines is 9. The Hall–Kier alpha value is -10.7. The van der Waals surface area contributed by atoms with Crippen molar-refractivity contribution in [3.8, 4) is 0 Å². The normalized spacial score (nSPS) is 12.7. The van der Waals surface area contributed by atoms with Gasteiger partial charge in [-0.2, -0.15) is 0 Å². The highest BCUT2D eigenvalue weighted by Gasteiger charge is 2.47. The number of hydrogen-bond donors (Lipinski definition) is 0. The van der Waals surface area contributed by atoms with Crippen molar-refractivity contribution in [3.63, 3.8) is 0 Å². The molecule has 3 nitrogen and oxygen atoms in total. The predicted molar refractivity (Wildman–Crippen MR) is 376 cm³/mol. The van der Waals surface area contributed by atoms with Crippen LogP contribution in [0.25, 0.3) is 64.6 Å². The molecule has 15 aromatic carbocycles. The van der Waals surface area contributed by atoms with E-state index >= 15 is 0 Å². The molecule has 0 fully saturated rings. The third-order valence-electron chi connectivity index (χ3n) is 19.2. The topological polar surface area (TPSA) is 9.72 Å². The molecule has 0 aliphatic carbocycles. The highest BCUT2D eigenvalue weighted by atomic mass is 15.2. The minimum absolute atomic E-state index is 0.765. The van der Waals surface area contributed by atoms with Crippen LogP contribution < -0.4 is 14.7 Å². The molecule has 0 N–H and O–H groups in total. The molecule has 0 atom stereocenters. The average molecular weight is 1130 g/mol. The van der Waals surface area contributed by atoms with Crippen molar-refractivity contribution in [2.75, 3.05) is 14.7 Å². The first-order chi connectivity index (χ1) is 43.1. The minimum Gasteiger partial charge on any atom is -0.310 e. The molecule has 420 valence electrons. The lowest BCUT2D eigenvalue weighted by Crippen LogP contribution is -2.38. The van der Waals surface area contributed by atoms with Gasteiger partial charge >= 0.3 is 0 Å². The lowest BCUT2D eigenvalue weighted by molar-refractivity contribution is 0.730. The molecule has 1 heterocycles. The van der Waals surface area contributed by atoms with E-state index in [2.05, 4.69) is 341 Å². The molecule has 0 saturated heterocycles. The smallest absolute Gasteiger partial charge is 0.0742 e. The van der Waals surface area contributed by atoms with Crippen molar-refractivity contribution < 1.29 is 0 Å². The van der Waals surface area contributed by atoms with Crippen molar-refractivity contribution >= 4 is 116 Å². The summed E-state index contributed by atoms with van der Waals surface area (Å²) >= 11 is 0. The first-order valence-electron chi connectivity index (χ1n) is 30.8. The largest absolute Gasteiger partial charge is 0.310 e. The van der Waals surface area contributed by atoms with E-state index in [4.69, 9.17) is 0 Å². The lowest BCUT2D eigenvalue weighted by atomic mass is 9.62. The standard InChI is InChI=1S/C85H65N3/c1-54-27-36-64(37-28-54)88-83-26-16-15-25-81(83)85(82-49-55(2)29-48-84(82)88,60-32-40-62(41-33-60)86(65-38-30-56(3)58(5)50-65)67-44-46-77-73-21-9-7-17-69(73)71-19-11-13-23-75(71)79(77)52-67)61-34-42-63(43-35-61)87(66-39-31-57(4)59(6)51-66)68-45-47-78-74-22-10-8-18-70(74)72-20-12-14-24-76(72)80(78)53-68/h7-53H,1-6H3. The molecule has 16 rings (SSSR count). The van der Waals surface area contributed by atoms with Crippen molar-refractivity contribution in [2.24, 2.45) is 0 Å². The Bertz CT molecular complexity index is 4960. The van der Waals surface area contributed by atoms with Gasteiger partial charge in [0, 0.05) is 39.8 Å². The van der Waals surface area contributed by atoms with E-state index in [1.807, 2.05) is 0 Å². The second-order valence-electron chi connectivity index (χ2n) is 24.4. The van der Waals surface area contributed by atoms with Crippen LogP contribution in [0.3, 0.4) is 0 Å². The van der Waals surface area contributed by atoms with Crippen LogP contribution in [-0.2, 0) is 5.41 Å². The zero-order chi connectivity index (χ0) is 59.4. The molecule has 0 aromatic heterocycles. The SMILES string of the molecule is Cc1ccc(N2c3ccccc3C(c3ccc(N(c4ccc(C)c(C)c4)c4ccc5c6ccccc6c6ccccc6c5c4)cc3)(c3ccc(N(c4ccc(C)c(C)c4)c4ccc5c6ccccc6c6ccccc6c5c4)cc3)c3cc(C)ccc32)cc1. The number of fused-ring (bicyclic) bond motifs is 14. The van der Waals surface area contributed by atoms with Crippen LogP contribution in [-0.4, -0.2) is 0 Å². The first-order valence-corrected chi connectivity index (χ1v) is 30.8. The Morgan fingerprint density at radius 2 is 0.580 bits per heavy atom. The highest BCUT2D eigenvalue weighted by molar-refractivity contribution is 6.27. The van der Waals surface area contributed by atoms with Crippen molar-refractivity contribution in [1.29, 1.82) is 0 Å². The van der Waals surface area contributed by atoms with Crippen LogP contribution in [0, 0.1) is 41.5 Å². The lowest BCUT2D eigenvalue weighted by Gasteiger charge is -2.47. The van der Waals surface area contributed by atoms with Gasteiger partial charge in [0.05, 0.1) is 16.8 Å². The maximum absolute atomic E-state index is 2.48. The number of aryl methyl sites for hydroxylation is 6. The summed E-state index contributed by atoms with van der Waals surface area (Å²) in [4.78, 5) is 7.38. The summed E-state index contributed by atoms with van der Waals surface area (Å²) in [6.07, 6.45) is 0. The molecular weight excluding hydrogens is 1060 g/mol. The summed E-state index contributed by atoms with van der Waals surface area (Å²) < 4.78 is 0. The molecule has 1 aliphatic heterocycles. The molecule has 0 radical (unpaired) electrons. The Balaban J connectivity index is 0.912. The fourth-order valence-electron chi connectivity index (χ4n) is 14.6. The van der Waals surface area contributed by atoms with Crippen molar-refractivity contribution in [2.45, 2.75) is 47.0 Å². The number of rotatable bonds is 9. The predicted octanol–water partition coefficient (Wildman–Crippen LogP) is 23.6. The third kappa shape index (κ3) is 8.33. The van der Waals surface area contributed by atoms with E-state index in [1.165, 1.54) is 120 Å². The number of nitrogens with zero attached hydrogens (tertiary/aromatic N) is 3. The van der Waals surface area contributed by atoms with Gasteiger partial charge in [0.1, 0.15) is 0 Å². The second-order valence-corrected chi connectivity index (χ2v) is 24.4. The molecule has 0 spiro atoms. The van der Waals surface area contributed by atoms with Gasteiger partial charge in [-0.3, -0.25) is 0 Å². The summed E-state index contributed by atoms with van der Waals surface area (Å²) in [5, 5.41) is 15.1. The van der Waals surface area contributed by atoms with Gasteiger partial charge in [0.25, 0.3) is 0 Å². The summed E-state index contributed by atoms with van der Waals surface area (Å²) in [6, 6.07) is 108. The Labute approximate surface area is 515 Å². The molecule has 0 saturated carbocycles. The van der Waals surface area contributed by atoms with Gasteiger partial charge in [-0.15, -0.1) is 0 Å². The fourth-order valence-corrected chi connectivity index (χ4v) is 14.6. The molecular formula is C85H65N3. The summed E-state index contributed by atoms with van der Waals surface area (Å²) in [7, 11) is 0. The zero-order valence-electron chi connectivity index (χ0n) is 50.5. The Kier molecular flexibility index (Phi) is 12.5. The fraction of sp³-hybridized carbons (Fsp3) is 0.0824. The van der Waals surface area contributed by atoms with E-state index in [9.17, 15) is 0 Å².